The van der Waals surface area contributed by atoms with Gasteiger partial charge in [-0.2, -0.15) is 0 Å². The molecule has 0 spiro atoms. The van der Waals surface area contributed by atoms with Crippen LogP contribution in [0.2, 0.25) is 0 Å². The maximum absolute atomic E-state index is 12.6. The second kappa shape index (κ2) is 8.53. The molecule has 1 saturated heterocycles. The molecular weight excluding hydrogens is 386 g/mol. The average Bonchev–Trinajstić information content (AvgIpc) is 3.13. The van der Waals surface area contributed by atoms with Crippen molar-refractivity contribution in [2.24, 2.45) is 0 Å². The number of hydrogen-bond donors (Lipinski definition) is 1. The van der Waals surface area contributed by atoms with Crippen LogP contribution in [0.15, 0.2) is 78.9 Å². The lowest BCUT2D eigenvalue weighted by atomic mass is 10.2. The number of aliphatic hydroxyl groups is 1. The summed E-state index contributed by atoms with van der Waals surface area (Å²) in [6, 6.07) is 26.2. The van der Waals surface area contributed by atoms with Crippen molar-refractivity contribution in [1.82, 2.24) is 14.4 Å². The summed E-state index contributed by atoms with van der Waals surface area (Å²) in [5, 5.41) is 13.3. The first-order chi connectivity index (χ1) is 15.2. The molecule has 1 aliphatic heterocycles. The topological polar surface area (TPSA) is 48.7 Å². The van der Waals surface area contributed by atoms with Crippen LogP contribution < -0.4 is 0 Å². The van der Waals surface area contributed by atoms with Gasteiger partial charge in [0.05, 0.1) is 12.6 Å². The van der Waals surface area contributed by atoms with Gasteiger partial charge in [0, 0.05) is 60.1 Å². The second-order valence-corrected chi connectivity index (χ2v) is 8.26. The SMILES string of the molecule is O=C(c1ccccc1)N1CCN(C[C@H](O)Cn2c3ccccc3c3ccccc32)CC1. The zero-order chi connectivity index (χ0) is 21.2. The molecule has 1 aromatic heterocycles. The van der Waals surface area contributed by atoms with Crippen molar-refractivity contribution >= 4 is 27.7 Å². The Morgan fingerprint density at radius 1 is 0.742 bits per heavy atom. The molecule has 0 radical (unpaired) electrons. The van der Waals surface area contributed by atoms with Crippen LogP contribution in [0.1, 0.15) is 10.4 Å². The summed E-state index contributed by atoms with van der Waals surface area (Å²) in [4.78, 5) is 16.8. The summed E-state index contributed by atoms with van der Waals surface area (Å²) in [7, 11) is 0. The highest BCUT2D eigenvalue weighted by molar-refractivity contribution is 6.07. The molecule has 31 heavy (non-hydrogen) atoms. The van der Waals surface area contributed by atoms with E-state index in [4.69, 9.17) is 0 Å². The Kier molecular flexibility index (Phi) is 5.45. The number of carbonyl (C=O) groups excluding carboxylic acids is 1. The van der Waals surface area contributed by atoms with Gasteiger partial charge in [0.15, 0.2) is 0 Å². The lowest BCUT2D eigenvalue weighted by Crippen LogP contribution is -2.50. The van der Waals surface area contributed by atoms with Crippen LogP contribution in [-0.2, 0) is 6.54 Å². The van der Waals surface area contributed by atoms with E-state index in [9.17, 15) is 9.90 Å². The van der Waals surface area contributed by atoms with Crippen LogP contribution >= 0.6 is 0 Å². The van der Waals surface area contributed by atoms with E-state index in [1.807, 2.05) is 47.4 Å². The van der Waals surface area contributed by atoms with Crippen molar-refractivity contribution in [2.45, 2.75) is 12.6 Å². The highest BCUT2D eigenvalue weighted by atomic mass is 16.3. The molecule has 0 saturated carbocycles. The van der Waals surface area contributed by atoms with Gasteiger partial charge >= 0.3 is 0 Å². The van der Waals surface area contributed by atoms with E-state index in [-0.39, 0.29) is 5.91 Å². The lowest BCUT2D eigenvalue weighted by molar-refractivity contribution is 0.0503. The van der Waals surface area contributed by atoms with E-state index in [2.05, 4.69) is 45.9 Å². The number of carbonyl (C=O) groups is 1. The minimum Gasteiger partial charge on any atom is -0.390 e. The third-order valence-electron chi connectivity index (χ3n) is 6.22. The molecule has 5 rings (SSSR count). The molecule has 1 aliphatic rings. The third-order valence-corrected chi connectivity index (χ3v) is 6.22. The van der Waals surface area contributed by atoms with Crippen molar-refractivity contribution in [1.29, 1.82) is 0 Å². The van der Waals surface area contributed by atoms with E-state index in [0.717, 1.165) is 29.7 Å². The summed E-state index contributed by atoms with van der Waals surface area (Å²) in [5.74, 6) is 0.0890. The number of piperazine rings is 1. The van der Waals surface area contributed by atoms with E-state index in [1.165, 1.54) is 10.8 Å². The van der Waals surface area contributed by atoms with Gasteiger partial charge in [0.25, 0.3) is 5.91 Å². The summed E-state index contributed by atoms with van der Waals surface area (Å²) in [5.41, 5.74) is 3.05. The van der Waals surface area contributed by atoms with E-state index < -0.39 is 6.10 Å². The molecule has 1 fully saturated rings. The number of aromatic nitrogens is 1. The number of para-hydroxylation sites is 2. The van der Waals surface area contributed by atoms with E-state index in [1.54, 1.807) is 0 Å². The van der Waals surface area contributed by atoms with Gasteiger partial charge in [-0.3, -0.25) is 9.69 Å². The first kappa shape index (κ1) is 19.8. The number of fused-ring (bicyclic) bond motifs is 3. The number of benzene rings is 3. The summed E-state index contributed by atoms with van der Waals surface area (Å²) >= 11 is 0. The Labute approximate surface area is 182 Å². The zero-order valence-corrected chi connectivity index (χ0v) is 17.5. The Bertz CT molecular complexity index is 1140. The third kappa shape index (κ3) is 3.94. The molecule has 2 heterocycles. The minimum atomic E-state index is -0.476. The first-order valence-corrected chi connectivity index (χ1v) is 10.9. The average molecular weight is 414 g/mol. The molecule has 3 aromatic carbocycles. The van der Waals surface area contributed by atoms with Crippen molar-refractivity contribution in [2.75, 3.05) is 32.7 Å². The number of hydrogen-bond acceptors (Lipinski definition) is 3. The number of nitrogens with zero attached hydrogens (tertiary/aromatic N) is 3. The van der Waals surface area contributed by atoms with Gasteiger partial charge in [-0.25, -0.2) is 0 Å². The predicted molar refractivity (Wildman–Crippen MR) is 124 cm³/mol. The van der Waals surface area contributed by atoms with Crippen molar-refractivity contribution < 1.29 is 9.90 Å². The van der Waals surface area contributed by atoms with Crippen LogP contribution in [0.3, 0.4) is 0 Å². The summed E-state index contributed by atoms with van der Waals surface area (Å²) < 4.78 is 2.23. The Hall–Kier alpha value is -3.15. The largest absolute Gasteiger partial charge is 0.390 e. The number of amides is 1. The molecule has 5 heteroatoms. The van der Waals surface area contributed by atoms with Gasteiger partial charge in [0.2, 0.25) is 0 Å². The molecule has 5 nitrogen and oxygen atoms in total. The first-order valence-electron chi connectivity index (χ1n) is 10.9. The van der Waals surface area contributed by atoms with Crippen LogP contribution in [0, 0.1) is 0 Å². The van der Waals surface area contributed by atoms with E-state index in [0.29, 0.717) is 26.2 Å². The quantitative estimate of drug-likeness (QED) is 0.544. The maximum Gasteiger partial charge on any atom is 0.253 e. The molecule has 1 amide bonds. The Balaban J connectivity index is 1.24. The lowest BCUT2D eigenvalue weighted by Gasteiger charge is -2.35. The van der Waals surface area contributed by atoms with Crippen LogP contribution in [0.25, 0.3) is 21.8 Å². The van der Waals surface area contributed by atoms with Gasteiger partial charge < -0.3 is 14.6 Å². The van der Waals surface area contributed by atoms with Gasteiger partial charge in [-0.1, -0.05) is 54.6 Å². The van der Waals surface area contributed by atoms with E-state index >= 15 is 0 Å². The summed E-state index contributed by atoms with van der Waals surface area (Å²) in [6.07, 6.45) is -0.476. The fourth-order valence-electron chi connectivity index (χ4n) is 4.66. The normalized spacial score (nSPS) is 16.1. The van der Waals surface area contributed by atoms with Gasteiger partial charge in [-0.15, -0.1) is 0 Å². The molecular formula is C26H27N3O2. The molecule has 0 unspecified atom stereocenters. The number of rotatable bonds is 5. The smallest absolute Gasteiger partial charge is 0.253 e. The minimum absolute atomic E-state index is 0.0890. The Morgan fingerprint density at radius 3 is 1.90 bits per heavy atom. The highest BCUT2D eigenvalue weighted by Crippen LogP contribution is 2.29. The monoisotopic (exact) mass is 413 g/mol. The second-order valence-electron chi connectivity index (χ2n) is 8.26. The molecule has 158 valence electrons. The fraction of sp³-hybridized carbons (Fsp3) is 0.269. The van der Waals surface area contributed by atoms with Gasteiger partial charge in [0.1, 0.15) is 0 Å². The number of aliphatic hydroxyl groups excluding tert-OH is 1. The van der Waals surface area contributed by atoms with Crippen molar-refractivity contribution in [3.63, 3.8) is 0 Å². The molecule has 0 aliphatic carbocycles. The van der Waals surface area contributed by atoms with Gasteiger partial charge in [-0.05, 0) is 24.3 Å². The molecule has 1 atom stereocenters. The van der Waals surface area contributed by atoms with Crippen LogP contribution in [0.4, 0.5) is 0 Å². The molecule has 0 bridgehead atoms. The molecule has 1 N–H and O–H groups in total. The van der Waals surface area contributed by atoms with Crippen LogP contribution in [-0.4, -0.2) is 64.2 Å². The highest BCUT2D eigenvalue weighted by Gasteiger charge is 2.24. The summed E-state index contributed by atoms with van der Waals surface area (Å²) in [6.45, 7) is 4.10. The zero-order valence-electron chi connectivity index (χ0n) is 17.5. The standard InChI is InChI=1S/C26H27N3O2/c30-21(18-27-14-16-28(17-15-27)26(31)20-8-2-1-3-9-20)19-29-24-12-6-4-10-22(24)23-11-5-7-13-25(23)29/h1-13,21,30H,14-19H2/t21-/m0/s1. The van der Waals surface area contributed by atoms with Crippen molar-refractivity contribution in [3.8, 4) is 0 Å². The Morgan fingerprint density at radius 2 is 1.29 bits per heavy atom. The number of β-amino-alcohol motifs (C(OH)–C–C–N with tert-alkyl or cyclic N) is 1. The van der Waals surface area contributed by atoms with Crippen molar-refractivity contribution in [3.05, 3.63) is 84.4 Å². The van der Waals surface area contributed by atoms with Crippen LogP contribution in [0.5, 0.6) is 0 Å². The maximum atomic E-state index is 12.6. The predicted octanol–water partition coefficient (Wildman–Crippen LogP) is 3.61. The molecule has 4 aromatic rings. The fourth-order valence-corrected chi connectivity index (χ4v) is 4.66.